The first kappa shape index (κ1) is 13.6. The summed E-state index contributed by atoms with van der Waals surface area (Å²) in [6, 6.07) is 5.36. The average molecular weight is 259 g/mol. The Bertz CT molecular complexity index is 560. The van der Waals surface area contributed by atoms with Gasteiger partial charge in [-0.1, -0.05) is 13.8 Å². The summed E-state index contributed by atoms with van der Waals surface area (Å²) in [4.78, 5) is 4.26. The lowest BCUT2D eigenvalue weighted by molar-refractivity contribution is 0.474. The summed E-state index contributed by atoms with van der Waals surface area (Å²) in [5.41, 5.74) is 9.05. The zero-order valence-electron chi connectivity index (χ0n) is 11.7. The van der Waals surface area contributed by atoms with Crippen molar-refractivity contribution in [2.75, 3.05) is 6.54 Å². The van der Waals surface area contributed by atoms with Crippen LogP contribution in [-0.4, -0.2) is 21.2 Å². The van der Waals surface area contributed by atoms with E-state index in [4.69, 9.17) is 5.73 Å². The van der Waals surface area contributed by atoms with Gasteiger partial charge in [-0.25, -0.2) is 4.98 Å². The van der Waals surface area contributed by atoms with E-state index >= 15 is 0 Å². The van der Waals surface area contributed by atoms with Gasteiger partial charge in [-0.2, -0.15) is 0 Å². The van der Waals surface area contributed by atoms with Gasteiger partial charge < -0.3 is 15.4 Å². The Morgan fingerprint density at radius 2 is 2.11 bits per heavy atom. The van der Waals surface area contributed by atoms with Crippen molar-refractivity contribution in [3.63, 3.8) is 0 Å². The van der Waals surface area contributed by atoms with Gasteiger partial charge >= 0.3 is 0 Å². The van der Waals surface area contributed by atoms with E-state index in [0.29, 0.717) is 12.5 Å². The maximum atomic E-state index is 9.50. The summed E-state index contributed by atoms with van der Waals surface area (Å²) < 4.78 is 2.06. The van der Waals surface area contributed by atoms with Crippen molar-refractivity contribution < 1.29 is 5.11 Å². The van der Waals surface area contributed by atoms with Crippen molar-refractivity contribution in [3.05, 3.63) is 42.0 Å². The highest BCUT2D eigenvalue weighted by Gasteiger charge is 2.19. The fourth-order valence-corrected chi connectivity index (χ4v) is 2.43. The summed E-state index contributed by atoms with van der Waals surface area (Å²) in [5, 5.41) is 9.50. The monoisotopic (exact) mass is 259 g/mol. The number of aromatic hydroxyl groups is 1. The lowest BCUT2D eigenvalue weighted by Crippen LogP contribution is -2.20. The molecule has 0 spiro atoms. The molecule has 0 fully saturated rings. The van der Waals surface area contributed by atoms with Crippen LogP contribution in [-0.2, 0) is 0 Å². The molecule has 1 aromatic heterocycles. The lowest BCUT2D eigenvalue weighted by atomic mass is 9.92. The lowest BCUT2D eigenvalue weighted by Gasteiger charge is -2.21. The third kappa shape index (κ3) is 2.63. The molecular weight excluding hydrogens is 238 g/mol. The summed E-state index contributed by atoms with van der Waals surface area (Å²) >= 11 is 0. The second-order valence-corrected chi connectivity index (χ2v) is 5.25. The number of nitrogens with two attached hydrogens (primary N) is 1. The molecule has 4 heteroatoms. The van der Waals surface area contributed by atoms with E-state index in [1.54, 1.807) is 18.5 Å². The number of aromatic nitrogens is 2. The van der Waals surface area contributed by atoms with Crippen molar-refractivity contribution in [1.82, 2.24) is 9.55 Å². The molecule has 0 bridgehead atoms. The molecule has 1 unspecified atom stereocenters. The molecule has 1 heterocycles. The predicted octanol–water partition coefficient (Wildman–Crippen LogP) is 2.58. The largest absolute Gasteiger partial charge is 0.508 e. The highest BCUT2D eigenvalue weighted by molar-refractivity contribution is 5.46. The van der Waals surface area contributed by atoms with E-state index in [0.717, 1.165) is 16.9 Å². The smallest absolute Gasteiger partial charge is 0.115 e. The quantitative estimate of drug-likeness (QED) is 0.887. The maximum absolute atomic E-state index is 9.50. The van der Waals surface area contributed by atoms with Gasteiger partial charge in [-0.3, -0.25) is 0 Å². The number of benzene rings is 1. The van der Waals surface area contributed by atoms with Gasteiger partial charge in [0.25, 0.3) is 0 Å². The predicted molar refractivity (Wildman–Crippen MR) is 76.6 cm³/mol. The maximum Gasteiger partial charge on any atom is 0.115 e. The van der Waals surface area contributed by atoms with Crippen molar-refractivity contribution in [3.8, 4) is 11.4 Å². The Morgan fingerprint density at radius 1 is 1.37 bits per heavy atom. The van der Waals surface area contributed by atoms with Crippen LogP contribution in [0.1, 0.15) is 31.0 Å². The Hall–Kier alpha value is -1.81. The number of phenolic OH excluding ortho intramolecular Hbond substituents is 1. The third-order valence-corrected chi connectivity index (χ3v) is 3.55. The van der Waals surface area contributed by atoms with E-state index in [1.165, 1.54) is 0 Å². The summed E-state index contributed by atoms with van der Waals surface area (Å²) in [7, 11) is 0. The SMILES string of the molecule is Cc1cc(O)ccc1-n1cncc1C(CN)C(C)C. The van der Waals surface area contributed by atoms with Crippen molar-refractivity contribution in [2.45, 2.75) is 26.7 Å². The molecular formula is C15H21N3O. The Balaban J connectivity index is 2.49. The minimum atomic E-state index is 0.274. The molecule has 0 saturated carbocycles. The van der Waals surface area contributed by atoms with E-state index in [9.17, 15) is 5.11 Å². The molecule has 2 aromatic rings. The van der Waals surface area contributed by atoms with Crippen molar-refractivity contribution in [1.29, 1.82) is 0 Å². The first-order valence-corrected chi connectivity index (χ1v) is 6.57. The topological polar surface area (TPSA) is 64.1 Å². The fraction of sp³-hybridized carbons (Fsp3) is 0.400. The molecule has 3 N–H and O–H groups in total. The minimum Gasteiger partial charge on any atom is -0.508 e. The van der Waals surface area contributed by atoms with Crippen LogP contribution in [0.3, 0.4) is 0 Å². The van der Waals surface area contributed by atoms with Gasteiger partial charge in [0, 0.05) is 30.0 Å². The number of imidazole rings is 1. The highest BCUT2D eigenvalue weighted by Crippen LogP contribution is 2.27. The number of rotatable bonds is 4. The molecule has 102 valence electrons. The Kier molecular flexibility index (Phi) is 3.90. The second-order valence-electron chi connectivity index (χ2n) is 5.25. The number of hydrogen-bond donors (Lipinski definition) is 2. The average Bonchev–Trinajstić information content (AvgIpc) is 2.78. The molecule has 19 heavy (non-hydrogen) atoms. The standard InChI is InChI=1S/C15H21N3O/c1-10(2)13(7-16)15-8-17-9-18(15)14-5-4-12(19)6-11(14)3/h4-6,8-10,13,19H,7,16H2,1-3H3. The van der Waals surface area contributed by atoms with E-state index in [1.807, 2.05) is 19.2 Å². The van der Waals surface area contributed by atoms with Crippen molar-refractivity contribution >= 4 is 0 Å². The zero-order valence-corrected chi connectivity index (χ0v) is 11.7. The van der Waals surface area contributed by atoms with Gasteiger partial charge in [-0.15, -0.1) is 0 Å². The Labute approximate surface area is 113 Å². The summed E-state index contributed by atoms with van der Waals surface area (Å²) in [6.45, 7) is 6.91. The van der Waals surface area contributed by atoms with Gasteiger partial charge in [0.05, 0.1) is 6.33 Å². The summed E-state index contributed by atoms with van der Waals surface area (Å²) in [6.07, 6.45) is 3.68. The van der Waals surface area contributed by atoms with E-state index in [-0.39, 0.29) is 11.7 Å². The normalized spacial score (nSPS) is 12.9. The molecule has 0 aliphatic carbocycles. The highest BCUT2D eigenvalue weighted by atomic mass is 16.3. The molecule has 0 saturated heterocycles. The molecule has 0 radical (unpaired) electrons. The second kappa shape index (κ2) is 5.45. The zero-order chi connectivity index (χ0) is 14.0. The van der Waals surface area contributed by atoms with Crippen LogP contribution in [0, 0.1) is 12.8 Å². The van der Waals surface area contributed by atoms with E-state index < -0.39 is 0 Å². The minimum absolute atomic E-state index is 0.274. The molecule has 0 amide bonds. The fourth-order valence-electron chi connectivity index (χ4n) is 2.43. The number of aryl methyl sites for hydroxylation is 1. The number of hydrogen-bond acceptors (Lipinski definition) is 3. The third-order valence-electron chi connectivity index (χ3n) is 3.55. The molecule has 4 nitrogen and oxygen atoms in total. The number of nitrogens with zero attached hydrogens (tertiary/aromatic N) is 2. The summed E-state index contributed by atoms with van der Waals surface area (Å²) in [5.74, 6) is 1.01. The van der Waals surface area contributed by atoms with Gasteiger partial charge in [-0.05, 0) is 36.6 Å². The molecule has 1 atom stereocenters. The van der Waals surface area contributed by atoms with Gasteiger partial charge in [0.1, 0.15) is 5.75 Å². The van der Waals surface area contributed by atoms with Crippen LogP contribution in [0.25, 0.3) is 5.69 Å². The molecule has 0 aliphatic rings. The van der Waals surface area contributed by atoms with Crippen LogP contribution >= 0.6 is 0 Å². The van der Waals surface area contributed by atoms with Crippen LogP contribution < -0.4 is 5.73 Å². The first-order valence-electron chi connectivity index (χ1n) is 6.57. The van der Waals surface area contributed by atoms with Gasteiger partial charge in [0.2, 0.25) is 0 Å². The van der Waals surface area contributed by atoms with Gasteiger partial charge in [0.15, 0.2) is 0 Å². The molecule has 2 rings (SSSR count). The number of phenols is 1. The Morgan fingerprint density at radius 3 is 2.68 bits per heavy atom. The molecule has 0 aliphatic heterocycles. The van der Waals surface area contributed by atoms with Crippen LogP contribution in [0.4, 0.5) is 0 Å². The van der Waals surface area contributed by atoms with Crippen LogP contribution in [0.15, 0.2) is 30.7 Å². The first-order chi connectivity index (χ1) is 9.04. The van der Waals surface area contributed by atoms with Crippen LogP contribution in [0.2, 0.25) is 0 Å². The van der Waals surface area contributed by atoms with E-state index in [2.05, 4.69) is 23.4 Å². The van der Waals surface area contributed by atoms with Crippen LogP contribution in [0.5, 0.6) is 5.75 Å². The molecule has 1 aromatic carbocycles. The van der Waals surface area contributed by atoms with Crippen molar-refractivity contribution in [2.24, 2.45) is 11.7 Å².